The molecule has 4 aromatic rings. The van der Waals surface area contributed by atoms with Crippen LogP contribution in [-0.4, -0.2) is 4.40 Å². The quantitative estimate of drug-likeness (QED) is 0.475. The van der Waals surface area contributed by atoms with Crippen molar-refractivity contribution >= 4 is 27.9 Å². The lowest BCUT2D eigenvalue weighted by Crippen LogP contribution is -2.19. The van der Waals surface area contributed by atoms with Crippen LogP contribution in [0, 0.1) is 0 Å². The minimum Gasteiger partial charge on any atom is -0.279 e. The third-order valence-electron chi connectivity index (χ3n) is 5.23. The van der Waals surface area contributed by atoms with Crippen LogP contribution in [0.2, 0.25) is 5.02 Å². The van der Waals surface area contributed by atoms with Gasteiger partial charge in [0.2, 0.25) is 0 Å². The standard InChI is InChI=1S/C21H16ClNO/c22-19-16-11-6-10-15-14-9-4-5-12-17(14)23(20(15)16)21(24)18(19)13-7-2-1-3-8-13/h1-3,6-8,10-11H,4-5,9,12H2. The Bertz CT molecular complexity index is 1130. The first-order valence-corrected chi connectivity index (χ1v) is 8.80. The summed E-state index contributed by atoms with van der Waals surface area (Å²) < 4.78 is 1.94. The summed E-state index contributed by atoms with van der Waals surface area (Å²) in [6, 6.07) is 16.0. The van der Waals surface area contributed by atoms with E-state index in [2.05, 4.69) is 12.1 Å². The number of hydrogen-bond acceptors (Lipinski definition) is 1. The Labute approximate surface area is 144 Å². The van der Waals surface area contributed by atoms with E-state index in [0.717, 1.165) is 35.7 Å². The molecule has 0 saturated heterocycles. The Morgan fingerprint density at radius 1 is 0.875 bits per heavy atom. The van der Waals surface area contributed by atoms with Crippen molar-refractivity contribution in [2.75, 3.05) is 0 Å². The Hall–Kier alpha value is -2.32. The monoisotopic (exact) mass is 333 g/mol. The zero-order valence-corrected chi connectivity index (χ0v) is 13.9. The molecule has 2 aromatic carbocycles. The zero-order valence-electron chi connectivity index (χ0n) is 13.2. The average Bonchev–Trinajstić information content (AvgIpc) is 2.96. The molecule has 2 aromatic heterocycles. The molecule has 0 N–H and O–H groups in total. The van der Waals surface area contributed by atoms with Crippen LogP contribution in [0.4, 0.5) is 0 Å². The number of fused-ring (bicyclic) bond motifs is 3. The van der Waals surface area contributed by atoms with Gasteiger partial charge in [-0.3, -0.25) is 9.20 Å². The van der Waals surface area contributed by atoms with Crippen molar-refractivity contribution in [3.63, 3.8) is 0 Å². The SMILES string of the molecule is O=c1c(-c2ccccc2)c(Cl)c2cccc3c4c(n1c23)CCCC4. The van der Waals surface area contributed by atoms with Gasteiger partial charge in [0.25, 0.3) is 5.56 Å². The van der Waals surface area contributed by atoms with E-state index in [1.807, 2.05) is 40.8 Å². The highest BCUT2D eigenvalue weighted by atomic mass is 35.5. The lowest BCUT2D eigenvalue weighted by atomic mass is 9.95. The number of halogens is 1. The second-order valence-electron chi connectivity index (χ2n) is 6.53. The smallest absolute Gasteiger partial charge is 0.264 e. The van der Waals surface area contributed by atoms with Crippen LogP contribution in [0.25, 0.3) is 27.4 Å². The molecule has 1 aliphatic rings. The van der Waals surface area contributed by atoms with Crippen LogP contribution < -0.4 is 5.56 Å². The molecular formula is C21H16ClNO. The second-order valence-corrected chi connectivity index (χ2v) is 6.91. The number of aromatic nitrogens is 1. The number of nitrogens with zero attached hydrogens (tertiary/aromatic N) is 1. The summed E-state index contributed by atoms with van der Waals surface area (Å²) in [4.78, 5) is 13.4. The maximum Gasteiger partial charge on any atom is 0.264 e. The molecular weight excluding hydrogens is 318 g/mol. The van der Waals surface area contributed by atoms with Crippen LogP contribution in [0.1, 0.15) is 24.1 Å². The van der Waals surface area contributed by atoms with E-state index in [-0.39, 0.29) is 5.56 Å². The van der Waals surface area contributed by atoms with Gasteiger partial charge in [0.15, 0.2) is 0 Å². The minimum absolute atomic E-state index is 0.0121. The summed E-state index contributed by atoms with van der Waals surface area (Å²) in [7, 11) is 0. The fraction of sp³-hybridized carbons (Fsp3) is 0.190. The topological polar surface area (TPSA) is 21.5 Å². The lowest BCUT2D eigenvalue weighted by Gasteiger charge is -2.13. The second kappa shape index (κ2) is 5.09. The maximum absolute atomic E-state index is 13.4. The Balaban J connectivity index is 2.03. The Morgan fingerprint density at radius 3 is 2.46 bits per heavy atom. The van der Waals surface area contributed by atoms with Crippen molar-refractivity contribution in [3.8, 4) is 11.1 Å². The summed E-state index contributed by atoms with van der Waals surface area (Å²) in [6.07, 6.45) is 4.35. The molecule has 3 heteroatoms. The predicted octanol–water partition coefficient (Wildman–Crippen LogP) is 5.09. The summed E-state index contributed by atoms with van der Waals surface area (Å²) in [5.41, 5.74) is 5.03. The van der Waals surface area contributed by atoms with Crippen LogP contribution >= 0.6 is 11.6 Å². The van der Waals surface area contributed by atoms with Crippen LogP contribution in [0.3, 0.4) is 0 Å². The molecule has 0 spiro atoms. The summed E-state index contributed by atoms with van der Waals surface area (Å²) in [5.74, 6) is 0. The highest BCUT2D eigenvalue weighted by Gasteiger charge is 2.25. The highest BCUT2D eigenvalue weighted by Crippen LogP contribution is 2.38. The lowest BCUT2D eigenvalue weighted by molar-refractivity contribution is 0.669. The average molecular weight is 334 g/mol. The normalized spacial score (nSPS) is 14.4. The van der Waals surface area contributed by atoms with Crippen molar-refractivity contribution in [3.05, 3.63) is 75.2 Å². The van der Waals surface area contributed by atoms with Crippen molar-refractivity contribution in [1.29, 1.82) is 0 Å². The van der Waals surface area contributed by atoms with Crippen LogP contribution in [0.15, 0.2) is 53.3 Å². The van der Waals surface area contributed by atoms with E-state index in [0.29, 0.717) is 10.6 Å². The first-order chi connectivity index (χ1) is 11.8. The van der Waals surface area contributed by atoms with Crippen molar-refractivity contribution in [2.24, 2.45) is 0 Å². The number of para-hydroxylation sites is 1. The molecule has 0 atom stereocenters. The fourth-order valence-corrected chi connectivity index (χ4v) is 4.53. The largest absolute Gasteiger partial charge is 0.279 e. The summed E-state index contributed by atoms with van der Waals surface area (Å²) in [5, 5.41) is 2.74. The maximum atomic E-state index is 13.4. The zero-order chi connectivity index (χ0) is 16.3. The minimum atomic E-state index is 0.0121. The van der Waals surface area contributed by atoms with E-state index in [1.165, 1.54) is 23.1 Å². The van der Waals surface area contributed by atoms with Gasteiger partial charge < -0.3 is 0 Å². The molecule has 0 amide bonds. The number of hydrogen-bond donors (Lipinski definition) is 0. The number of aryl methyl sites for hydroxylation is 2. The molecule has 0 unspecified atom stereocenters. The Morgan fingerprint density at radius 2 is 1.62 bits per heavy atom. The first kappa shape index (κ1) is 14.1. The molecule has 2 nitrogen and oxygen atoms in total. The van der Waals surface area contributed by atoms with Gasteiger partial charge in [0.1, 0.15) is 0 Å². The van der Waals surface area contributed by atoms with E-state index >= 15 is 0 Å². The molecule has 0 radical (unpaired) electrons. The third kappa shape index (κ3) is 1.75. The molecule has 118 valence electrons. The van der Waals surface area contributed by atoms with Gasteiger partial charge in [-0.1, -0.05) is 60.1 Å². The van der Waals surface area contributed by atoms with Gasteiger partial charge in [-0.05, 0) is 36.8 Å². The van der Waals surface area contributed by atoms with E-state index in [4.69, 9.17) is 11.6 Å². The molecule has 0 aliphatic heterocycles. The number of pyridine rings is 1. The van der Waals surface area contributed by atoms with E-state index in [9.17, 15) is 4.79 Å². The van der Waals surface area contributed by atoms with Gasteiger partial charge in [-0.25, -0.2) is 0 Å². The molecule has 5 rings (SSSR count). The fourth-order valence-electron chi connectivity index (χ4n) is 4.19. The third-order valence-corrected chi connectivity index (χ3v) is 5.62. The van der Waals surface area contributed by atoms with E-state index in [1.54, 1.807) is 0 Å². The van der Waals surface area contributed by atoms with E-state index < -0.39 is 0 Å². The van der Waals surface area contributed by atoms with Crippen molar-refractivity contribution < 1.29 is 0 Å². The van der Waals surface area contributed by atoms with Gasteiger partial charge >= 0.3 is 0 Å². The summed E-state index contributed by atoms with van der Waals surface area (Å²) >= 11 is 6.72. The van der Waals surface area contributed by atoms with Crippen LogP contribution in [-0.2, 0) is 12.8 Å². The molecule has 0 bridgehead atoms. The predicted molar refractivity (Wildman–Crippen MR) is 99.4 cm³/mol. The molecule has 0 saturated carbocycles. The number of benzene rings is 2. The summed E-state index contributed by atoms with van der Waals surface area (Å²) in [6.45, 7) is 0. The highest BCUT2D eigenvalue weighted by molar-refractivity contribution is 6.38. The first-order valence-electron chi connectivity index (χ1n) is 8.43. The molecule has 1 aliphatic carbocycles. The Kier molecular flexibility index (Phi) is 2.98. The van der Waals surface area contributed by atoms with Crippen LogP contribution in [0.5, 0.6) is 0 Å². The van der Waals surface area contributed by atoms with Gasteiger partial charge in [0, 0.05) is 16.5 Å². The molecule has 2 heterocycles. The van der Waals surface area contributed by atoms with Gasteiger partial charge in [-0.2, -0.15) is 0 Å². The van der Waals surface area contributed by atoms with Crippen molar-refractivity contribution in [2.45, 2.75) is 25.7 Å². The number of rotatable bonds is 1. The van der Waals surface area contributed by atoms with Gasteiger partial charge in [0.05, 0.1) is 16.1 Å². The molecule has 24 heavy (non-hydrogen) atoms. The van der Waals surface area contributed by atoms with Gasteiger partial charge in [-0.15, -0.1) is 0 Å². The molecule has 0 fully saturated rings. The van der Waals surface area contributed by atoms with Crippen molar-refractivity contribution in [1.82, 2.24) is 4.40 Å².